The van der Waals surface area contributed by atoms with Crippen LogP contribution >= 0.6 is 11.3 Å². The molecular weight excluding hydrogens is 300 g/mol. The summed E-state index contributed by atoms with van der Waals surface area (Å²) in [6.45, 7) is 5.71. The summed E-state index contributed by atoms with van der Waals surface area (Å²) in [6, 6.07) is 3.64. The van der Waals surface area contributed by atoms with Crippen LogP contribution in [0.15, 0.2) is 18.3 Å². The molecule has 7 heteroatoms. The van der Waals surface area contributed by atoms with Crippen LogP contribution in [-0.4, -0.2) is 27.4 Å². The fourth-order valence-electron chi connectivity index (χ4n) is 2.27. The van der Waals surface area contributed by atoms with Gasteiger partial charge in [0.1, 0.15) is 5.69 Å². The van der Waals surface area contributed by atoms with Gasteiger partial charge in [0.25, 0.3) is 5.91 Å². The van der Waals surface area contributed by atoms with E-state index in [2.05, 4.69) is 15.3 Å². The quantitative estimate of drug-likeness (QED) is 0.806. The number of methoxy groups -OCH3 is 1. The van der Waals surface area contributed by atoms with Crippen LogP contribution in [0.5, 0.6) is 5.75 Å². The van der Waals surface area contributed by atoms with Crippen molar-refractivity contribution in [2.75, 3.05) is 12.4 Å². The van der Waals surface area contributed by atoms with Crippen LogP contribution in [0.1, 0.15) is 26.8 Å². The summed E-state index contributed by atoms with van der Waals surface area (Å²) in [5, 5.41) is 3.44. The zero-order chi connectivity index (χ0) is 15.9. The van der Waals surface area contributed by atoms with E-state index in [1.165, 1.54) is 11.3 Å². The summed E-state index contributed by atoms with van der Waals surface area (Å²) >= 11 is 1.46. The standard InChI is InChI=1S/C15H16N4O2S/c1-8-10(3)22-15(17-8)18-14(20)12-9(2)16-13-11(21-4)6-5-7-19(12)13/h5-7H,1-4H3,(H,17,18,20). The van der Waals surface area contributed by atoms with E-state index in [1.54, 1.807) is 24.6 Å². The maximum absolute atomic E-state index is 12.6. The molecule has 0 aliphatic rings. The number of nitrogens with zero attached hydrogens (tertiary/aromatic N) is 3. The number of aromatic nitrogens is 3. The third kappa shape index (κ3) is 2.33. The lowest BCUT2D eigenvalue weighted by Gasteiger charge is -2.04. The van der Waals surface area contributed by atoms with Crippen LogP contribution in [0.2, 0.25) is 0 Å². The minimum atomic E-state index is -0.230. The van der Waals surface area contributed by atoms with Crippen molar-refractivity contribution >= 4 is 28.0 Å². The highest BCUT2D eigenvalue weighted by molar-refractivity contribution is 7.15. The number of nitrogens with one attached hydrogen (secondary N) is 1. The third-order valence-electron chi connectivity index (χ3n) is 3.47. The van der Waals surface area contributed by atoms with Crippen molar-refractivity contribution < 1.29 is 9.53 Å². The Morgan fingerprint density at radius 2 is 2.05 bits per heavy atom. The normalized spacial score (nSPS) is 10.9. The number of amides is 1. The van der Waals surface area contributed by atoms with Gasteiger partial charge in [0.2, 0.25) is 0 Å². The van der Waals surface area contributed by atoms with E-state index >= 15 is 0 Å². The molecule has 1 amide bonds. The molecular formula is C15H16N4O2S. The Morgan fingerprint density at radius 1 is 1.27 bits per heavy atom. The van der Waals surface area contributed by atoms with Crippen LogP contribution in [0, 0.1) is 20.8 Å². The zero-order valence-electron chi connectivity index (χ0n) is 12.8. The van der Waals surface area contributed by atoms with E-state index in [0.29, 0.717) is 27.9 Å². The molecule has 0 saturated carbocycles. The maximum atomic E-state index is 12.6. The van der Waals surface area contributed by atoms with Gasteiger partial charge < -0.3 is 4.74 Å². The van der Waals surface area contributed by atoms with Crippen molar-refractivity contribution in [2.45, 2.75) is 20.8 Å². The van der Waals surface area contributed by atoms with Crippen molar-refractivity contribution in [3.63, 3.8) is 0 Å². The molecule has 0 atom stereocenters. The highest BCUT2D eigenvalue weighted by Crippen LogP contribution is 2.24. The summed E-state index contributed by atoms with van der Waals surface area (Å²) in [6.07, 6.45) is 1.80. The number of pyridine rings is 1. The average molecular weight is 316 g/mol. The second-order valence-electron chi connectivity index (χ2n) is 4.93. The summed E-state index contributed by atoms with van der Waals surface area (Å²) < 4.78 is 7.02. The van der Waals surface area contributed by atoms with Gasteiger partial charge in [0.05, 0.1) is 18.5 Å². The van der Waals surface area contributed by atoms with Gasteiger partial charge in [-0.05, 0) is 32.9 Å². The number of imidazole rings is 1. The molecule has 0 aromatic carbocycles. The first kappa shape index (κ1) is 14.5. The molecule has 6 nitrogen and oxygen atoms in total. The monoisotopic (exact) mass is 316 g/mol. The Morgan fingerprint density at radius 3 is 2.68 bits per heavy atom. The number of rotatable bonds is 3. The van der Waals surface area contributed by atoms with Gasteiger partial charge in [-0.1, -0.05) is 0 Å². The van der Waals surface area contributed by atoms with Crippen molar-refractivity contribution in [3.05, 3.63) is 40.3 Å². The molecule has 0 radical (unpaired) electrons. The number of fused-ring (bicyclic) bond motifs is 1. The molecule has 3 aromatic rings. The molecule has 0 fully saturated rings. The fourth-order valence-corrected chi connectivity index (χ4v) is 3.08. The first-order valence-corrected chi connectivity index (χ1v) is 7.60. The SMILES string of the molecule is COc1cccn2c(C(=O)Nc3nc(C)c(C)s3)c(C)nc12. The van der Waals surface area contributed by atoms with Crippen LogP contribution in [0.3, 0.4) is 0 Å². The van der Waals surface area contributed by atoms with Crippen molar-refractivity contribution in [1.82, 2.24) is 14.4 Å². The predicted molar refractivity (Wildman–Crippen MR) is 86.0 cm³/mol. The molecule has 0 aliphatic heterocycles. The van der Waals surface area contributed by atoms with Crippen molar-refractivity contribution in [3.8, 4) is 5.75 Å². The van der Waals surface area contributed by atoms with E-state index in [4.69, 9.17) is 4.74 Å². The van der Waals surface area contributed by atoms with E-state index in [1.807, 2.05) is 26.0 Å². The molecule has 1 N–H and O–H groups in total. The number of anilines is 1. The van der Waals surface area contributed by atoms with Gasteiger partial charge in [0, 0.05) is 11.1 Å². The minimum absolute atomic E-state index is 0.230. The molecule has 0 saturated heterocycles. The summed E-state index contributed by atoms with van der Waals surface area (Å²) in [5.74, 6) is 0.401. The second kappa shape index (κ2) is 5.42. The lowest BCUT2D eigenvalue weighted by atomic mass is 10.3. The number of aryl methyl sites for hydroxylation is 3. The van der Waals surface area contributed by atoms with Gasteiger partial charge in [-0.25, -0.2) is 9.97 Å². The molecule has 3 heterocycles. The molecule has 0 aliphatic carbocycles. The number of carbonyl (C=O) groups excluding carboxylic acids is 1. The van der Waals surface area contributed by atoms with Gasteiger partial charge in [-0.3, -0.25) is 14.5 Å². The molecule has 114 valence electrons. The average Bonchev–Trinajstić information content (AvgIpc) is 2.97. The first-order chi connectivity index (χ1) is 10.5. The van der Waals surface area contributed by atoms with Crippen LogP contribution in [0.25, 0.3) is 5.65 Å². The van der Waals surface area contributed by atoms with Gasteiger partial charge in [-0.15, -0.1) is 11.3 Å². The fraction of sp³-hybridized carbons (Fsp3) is 0.267. The predicted octanol–water partition coefficient (Wildman–Crippen LogP) is 2.98. The third-order valence-corrected chi connectivity index (χ3v) is 4.46. The molecule has 0 bridgehead atoms. The molecule has 3 aromatic heterocycles. The number of ether oxygens (including phenoxy) is 1. The maximum Gasteiger partial charge on any atom is 0.276 e. The van der Waals surface area contributed by atoms with E-state index < -0.39 is 0 Å². The van der Waals surface area contributed by atoms with Crippen molar-refractivity contribution in [1.29, 1.82) is 0 Å². The van der Waals surface area contributed by atoms with Gasteiger partial charge in [-0.2, -0.15) is 0 Å². The van der Waals surface area contributed by atoms with Gasteiger partial charge >= 0.3 is 0 Å². The molecule has 0 unspecified atom stereocenters. The smallest absolute Gasteiger partial charge is 0.276 e. The molecule has 0 spiro atoms. The van der Waals surface area contributed by atoms with E-state index in [9.17, 15) is 4.79 Å². The zero-order valence-corrected chi connectivity index (χ0v) is 13.6. The molecule has 22 heavy (non-hydrogen) atoms. The van der Waals surface area contributed by atoms with Crippen molar-refractivity contribution in [2.24, 2.45) is 0 Å². The Labute approximate surface area is 131 Å². The van der Waals surface area contributed by atoms with Crippen LogP contribution in [-0.2, 0) is 0 Å². The topological polar surface area (TPSA) is 68.5 Å². The van der Waals surface area contributed by atoms with E-state index in [0.717, 1.165) is 10.6 Å². The Hall–Kier alpha value is -2.41. The summed E-state index contributed by atoms with van der Waals surface area (Å²) in [7, 11) is 1.58. The highest BCUT2D eigenvalue weighted by Gasteiger charge is 2.19. The Bertz CT molecular complexity index is 846. The second-order valence-corrected chi connectivity index (χ2v) is 6.13. The largest absolute Gasteiger partial charge is 0.493 e. The summed E-state index contributed by atoms with van der Waals surface area (Å²) in [4.78, 5) is 22.4. The lowest BCUT2D eigenvalue weighted by molar-refractivity contribution is 0.102. The van der Waals surface area contributed by atoms with Crippen LogP contribution in [0.4, 0.5) is 5.13 Å². The molecule has 3 rings (SSSR count). The Balaban J connectivity index is 2.02. The van der Waals surface area contributed by atoms with Gasteiger partial charge in [0.15, 0.2) is 16.5 Å². The number of carbonyl (C=O) groups is 1. The highest BCUT2D eigenvalue weighted by atomic mass is 32.1. The Kier molecular flexibility index (Phi) is 3.58. The van der Waals surface area contributed by atoms with E-state index in [-0.39, 0.29) is 5.91 Å². The van der Waals surface area contributed by atoms with Crippen LogP contribution < -0.4 is 10.1 Å². The minimum Gasteiger partial charge on any atom is -0.493 e. The first-order valence-electron chi connectivity index (χ1n) is 6.78. The number of hydrogen-bond acceptors (Lipinski definition) is 5. The number of thiazole rings is 1. The lowest BCUT2D eigenvalue weighted by Crippen LogP contribution is -2.15. The number of hydrogen-bond donors (Lipinski definition) is 1. The summed E-state index contributed by atoms with van der Waals surface area (Å²) in [5.41, 5.74) is 2.68.